The number of aliphatic hydroxyl groups is 1. The third-order valence-electron chi connectivity index (χ3n) is 3.73. The standard InChI is InChI=1S/C14H30N2O2/c1-4-7-15-14(2,12-17)11-16-8-5-6-13(9-16)10-18-3/h13,15,17H,4-12H2,1-3H3. The number of piperidine rings is 1. The highest BCUT2D eigenvalue weighted by atomic mass is 16.5. The molecule has 4 heteroatoms. The molecule has 2 atom stereocenters. The molecule has 0 aromatic rings. The number of nitrogens with one attached hydrogen (secondary N) is 1. The molecule has 1 rings (SSSR count). The maximum Gasteiger partial charge on any atom is 0.0623 e. The van der Waals surface area contributed by atoms with Crippen LogP contribution in [0.5, 0.6) is 0 Å². The second-order valence-electron chi connectivity index (χ2n) is 5.84. The molecule has 108 valence electrons. The molecule has 18 heavy (non-hydrogen) atoms. The fourth-order valence-corrected chi connectivity index (χ4v) is 2.75. The molecule has 0 radical (unpaired) electrons. The molecular weight excluding hydrogens is 228 g/mol. The first-order valence-electron chi connectivity index (χ1n) is 7.20. The second kappa shape index (κ2) is 8.10. The Hall–Kier alpha value is -0.160. The predicted molar refractivity (Wildman–Crippen MR) is 74.8 cm³/mol. The lowest BCUT2D eigenvalue weighted by molar-refractivity contribution is 0.0609. The van der Waals surface area contributed by atoms with Crippen molar-refractivity contribution in [1.29, 1.82) is 0 Å². The highest BCUT2D eigenvalue weighted by molar-refractivity contribution is 4.87. The third kappa shape index (κ3) is 5.22. The SMILES string of the molecule is CCCNC(C)(CO)CN1CCCC(COC)C1. The molecule has 0 spiro atoms. The largest absolute Gasteiger partial charge is 0.394 e. The van der Waals surface area contributed by atoms with Crippen LogP contribution in [-0.4, -0.2) is 62.0 Å². The summed E-state index contributed by atoms with van der Waals surface area (Å²) >= 11 is 0. The number of methoxy groups -OCH3 is 1. The smallest absolute Gasteiger partial charge is 0.0623 e. The van der Waals surface area contributed by atoms with Crippen molar-refractivity contribution in [3.8, 4) is 0 Å². The number of hydrogen-bond donors (Lipinski definition) is 2. The normalized spacial score (nSPS) is 25.0. The maximum atomic E-state index is 9.60. The Kier molecular flexibility index (Phi) is 7.15. The van der Waals surface area contributed by atoms with Crippen molar-refractivity contribution < 1.29 is 9.84 Å². The van der Waals surface area contributed by atoms with Gasteiger partial charge >= 0.3 is 0 Å². The van der Waals surface area contributed by atoms with E-state index in [1.165, 1.54) is 12.8 Å². The van der Waals surface area contributed by atoms with Gasteiger partial charge in [-0.15, -0.1) is 0 Å². The van der Waals surface area contributed by atoms with Gasteiger partial charge in [-0.3, -0.25) is 0 Å². The van der Waals surface area contributed by atoms with E-state index >= 15 is 0 Å². The average molecular weight is 258 g/mol. The summed E-state index contributed by atoms with van der Waals surface area (Å²) in [6, 6.07) is 0. The van der Waals surface area contributed by atoms with Crippen molar-refractivity contribution in [2.45, 2.75) is 38.6 Å². The van der Waals surface area contributed by atoms with Crippen LogP contribution in [0.4, 0.5) is 0 Å². The Labute approximate surface area is 112 Å². The van der Waals surface area contributed by atoms with Gasteiger partial charge in [0.15, 0.2) is 0 Å². The lowest BCUT2D eigenvalue weighted by Crippen LogP contribution is -2.56. The molecule has 1 saturated heterocycles. The van der Waals surface area contributed by atoms with Crippen molar-refractivity contribution >= 4 is 0 Å². The van der Waals surface area contributed by atoms with Crippen LogP contribution in [0.1, 0.15) is 33.1 Å². The average Bonchev–Trinajstić information content (AvgIpc) is 2.37. The zero-order chi connectivity index (χ0) is 13.4. The monoisotopic (exact) mass is 258 g/mol. The summed E-state index contributed by atoms with van der Waals surface area (Å²) in [5, 5.41) is 13.1. The number of likely N-dealkylation sites (tertiary alicyclic amines) is 1. The lowest BCUT2D eigenvalue weighted by atomic mass is 9.95. The maximum absolute atomic E-state index is 9.60. The summed E-state index contributed by atoms with van der Waals surface area (Å²) in [4.78, 5) is 2.46. The molecule has 0 amide bonds. The molecule has 1 fully saturated rings. The van der Waals surface area contributed by atoms with E-state index in [9.17, 15) is 5.11 Å². The van der Waals surface area contributed by atoms with E-state index in [0.717, 1.165) is 39.2 Å². The lowest BCUT2D eigenvalue weighted by Gasteiger charge is -2.39. The summed E-state index contributed by atoms with van der Waals surface area (Å²) < 4.78 is 5.26. The van der Waals surface area contributed by atoms with Gasteiger partial charge in [-0.1, -0.05) is 6.92 Å². The third-order valence-corrected chi connectivity index (χ3v) is 3.73. The first-order valence-corrected chi connectivity index (χ1v) is 7.20. The molecule has 1 aliphatic heterocycles. The molecule has 2 unspecified atom stereocenters. The van der Waals surface area contributed by atoms with Crippen molar-refractivity contribution in [3.63, 3.8) is 0 Å². The van der Waals surface area contributed by atoms with E-state index in [1.807, 2.05) is 0 Å². The minimum absolute atomic E-state index is 0.176. The van der Waals surface area contributed by atoms with Crippen LogP contribution in [0, 0.1) is 5.92 Å². The summed E-state index contributed by atoms with van der Waals surface area (Å²) in [5.41, 5.74) is -0.176. The first kappa shape index (κ1) is 15.9. The van der Waals surface area contributed by atoms with Crippen LogP contribution in [0.15, 0.2) is 0 Å². The topological polar surface area (TPSA) is 44.7 Å². The van der Waals surface area contributed by atoms with Gasteiger partial charge in [0.25, 0.3) is 0 Å². The highest BCUT2D eigenvalue weighted by Crippen LogP contribution is 2.18. The number of hydrogen-bond acceptors (Lipinski definition) is 4. The van der Waals surface area contributed by atoms with Crippen LogP contribution in [-0.2, 0) is 4.74 Å². The number of ether oxygens (including phenoxy) is 1. The van der Waals surface area contributed by atoms with Gasteiger partial charge in [-0.25, -0.2) is 0 Å². The van der Waals surface area contributed by atoms with Crippen molar-refractivity contribution in [2.75, 3.05) is 46.5 Å². The van der Waals surface area contributed by atoms with Crippen molar-refractivity contribution in [2.24, 2.45) is 5.92 Å². The minimum atomic E-state index is -0.176. The van der Waals surface area contributed by atoms with Crippen LogP contribution in [0.3, 0.4) is 0 Å². The summed E-state index contributed by atoms with van der Waals surface area (Å²) in [6.07, 6.45) is 3.60. The van der Waals surface area contributed by atoms with E-state index in [4.69, 9.17) is 4.74 Å². The van der Waals surface area contributed by atoms with E-state index < -0.39 is 0 Å². The fourth-order valence-electron chi connectivity index (χ4n) is 2.75. The van der Waals surface area contributed by atoms with Gasteiger partial charge in [-0.2, -0.15) is 0 Å². The summed E-state index contributed by atoms with van der Waals surface area (Å²) in [6.45, 7) is 9.44. The van der Waals surface area contributed by atoms with Crippen molar-refractivity contribution in [1.82, 2.24) is 10.2 Å². The fraction of sp³-hybridized carbons (Fsp3) is 1.00. The van der Waals surface area contributed by atoms with E-state index in [1.54, 1.807) is 7.11 Å². The van der Waals surface area contributed by atoms with E-state index in [2.05, 4.69) is 24.1 Å². The van der Waals surface area contributed by atoms with Gasteiger partial charge in [0.2, 0.25) is 0 Å². The zero-order valence-electron chi connectivity index (χ0n) is 12.2. The molecule has 0 aromatic carbocycles. The Balaban J connectivity index is 2.42. The number of nitrogens with zero attached hydrogens (tertiary/aromatic N) is 1. The van der Waals surface area contributed by atoms with Gasteiger partial charge in [0, 0.05) is 20.2 Å². The molecule has 4 nitrogen and oxygen atoms in total. The Morgan fingerprint density at radius 3 is 2.89 bits per heavy atom. The highest BCUT2D eigenvalue weighted by Gasteiger charge is 2.28. The molecule has 1 heterocycles. The zero-order valence-corrected chi connectivity index (χ0v) is 12.2. The van der Waals surface area contributed by atoms with Crippen LogP contribution in [0.25, 0.3) is 0 Å². The van der Waals surface area contributed by atoms with Crippen LogP contribution < -0.4 is 5.32 Å². The Morgan fingerprint density at radius 2 is 2.28 bits per heavy atom. The molecule has 0 aliphatic carbocycles. The van der Waals surface area contributed by atoms with Gasteiger partial charge in [0.05, 0.1) is 18.8 Å². The first-order chi connectivity index (χ1) is 8.63. The molecular formula is C14H30N2O2. The van der Waals surface area contributed by atoms with E-state index in [0.29, 0.717) is 5.92 Å². The molecule has 0 bridgehead atoms. The molecule has 2 N–H and O–H groups in total. The quantitative estimate of drug-likeness (QED) is 0.684. The summed E-state index contributed by atoms with van der Waals surface area (Å²) in [7, 11) is 1.78. The van der Waals surface area contributed by atoms with Gasteiger partial charge in [0.1, 0.15) is 0 Å². The molecule has 0 aromatic heterocycles. The Morgan fingerprint density at radius 1 is 1.50 bits per heavy atom. The Bertz CT molecular complexity index is 224. The second-order valence-corrected chi connectivity index (χ2v) is 5.84. The van der Waals surface area contributed by atoms with Crippen molar-refractivity contribution in [3.05, 3.63) is 0 Å². The summed E-state index contributed by atoms with van der Waals surface area (Å²) in [5.74, 6) is 0.651. The number of rotatable bonds is 8. The van der Waals surface area contributed by atoms with Gasteiger partial charge in [-0.05, 0) is 45.2 Å². The molecule has 0 saturated carbocycles. The van der Waals surface area contributed by atoms with Crippen LogP contribution >= 0.6 is 0 Å². The minimum Gasteiger partial charge on any atom is -0.394 e. The van der Waals surface area contributed by atoms with Crippen LogP contribution in [0.2, 0.25) is 0 Å². The number of aliphatic hydroxyl groups excluding tert-OH is 1. The molecule has 1 aliphatic rings. The van der Waals surface area contributed by atoms with E-state index in [-0.39, 0.29) is 12.1 Å². The van der Waals surface area contributed by atoms with Gasteiger partial charge < -0.3 is 20.1 Å². The predicted octanol–water partition coefficient (Wildman–Crippen LogP) is 1.10.